The van der Waals surface area contributed by atoms with E-state index < -0.39 is 10.0 Å². The third kappa shape index (κ3) is 7.99. The van der Waals surface area contributed by atoms with Crippen molar-refractivity contribution in [1.29, 1.82) is 0 Å². The first-order chi connectivity index (χ1) is 9.83. The summed E-state index contributed by atoms with van der Waals surface area (Å²) in [5.74, 6) is 0.788. The van der Waals surface area contributed by atoms with Crippen LogP contribution in [0.3, 0.4) is 0 Å². The number of guanidine groups is 1. The molecular formula is C13H26IN5O2S. The quantitative estimate of drug-likeness (QED) is 0.280. The fourth-order valence-electron chi connectivity index (χ4n) is 1.91. The zero-order chi connectivity index (χ0) is 15.9. The Balaban J connectivity index is 0.00000441. The molecule has 0 unspecified atom stereocenters. The topological polar surface area (TPSA) is 78.7 Å². The second kappa shape index (κ2) is 10.1. The van der Waals surface area contributed by atoms with E-state index in [1.165, 1.54) is 5.69 Å². The number of aromatic nitrogens is 1. The summed E-state index contributed by atoms with van der Waals surface area (Å²) in [6.07, 6.45) is 3.87. The van der Waals surface area contributed by atoms with Gasteiger partial charge >= 0.3 is 0 Å². The van der Waals surface area contributed by atoms with Crippen molar-refractivity contribution in [2.24, 2.45) is 12.0 Å². The van der Waals surface area contributed by atoms with Crippen LogP contribution in [0.15, 0.2) is 23.3 Å². The van der Waals surface area contributed by atoms with Crippen LogP contribution in [0.5, 0.6) is 0 Å². The first-order valence-corrected chi connectivity index (χ1v) is 8.69. The van der Waals surface area contributed by atoms with Crippen LogP contribution in [0.4, 0.5) is 0 Å². The molecule has 0 radical (unpaired) electrons. The first-order valence-electron chi connectivity index (χ1n) is 6.80. The lowest BCUT2D eigenvalue weighted by Gasteiger charge is -2.22. The van der Waals surface area contributed by atoms with Gasteiger partial charge in [-0.3, -0.25) is 4.99 Å². The maximum Gasteiger partial charge on any atom is 0.208 e. The Morgan fingerprint density at radius 1 is 1.41 bits per heavy atom. The number of halogens is 1. The summed E-state index contributed by atoms with van der Waals surface area (Å²) >= 11 is 0. The molecule has 9 heteroatoms. The molecule has 1 heterocycles. The number of aliphatic imine (C=N–C) groups is 1. The maximum atomic E-state index is 10.9. The SMILES string of the molecule is CN=C(NCCCNS(C)(=O)=O)N(C)Cc1cccn1C.I. The molecule has 0 saturated carbocycles. The largest absolute Gasteiger partial charge is 0.356 e. The van der Waals surface area contributed by atoms with Gasteiger partial charge in [0.1, 0.15) is 0 Å². The summed E-state index contributed by atoms with van der Waals surface area (Å²) in [5.41, 5.74) is 1.19. The molecule has 128 valence electrons. The minimum Gasteiger partial charge on any atom is -0.356 e. The number of nitrogens with zero attached hydrogens (tertiary/aromatic N) is 3. The predicted molar refractivity (Wildman–Crippen MR) is 101 cm³/mol. The molecular weight excluding hydrogens is 417 g/mol. The first kappa shape index (κ1) is 21.2. The highest BCUT2D eigenvalue weighted by molar-refractivity contribution is 14.0. The Labute approximate surface area is 150 Å². The van der Waals surface area contributed by atoms with E-state index in [0.717, 1.165) is 18.8 Å². The second-order valence-corrected chi connectivity index (χ2v) is 6.79. The molecule has 0 bridgehead atoms. The van der Waals surface area contributed by atoms with Crippen molar-refractivity contribution in [2.75, 3.05) is 33.4 Å². The van der Waals surface area contributed by atoms with E-state index in [1.54, 1.807) is 7.05 Å². The molecule has 0 aromatic carbocycles. The Morgan fingerprint density at radius 2 is 2.09 bits per heavy atom. The van der Waals surface area contributed by atoms with Crippen LogP contribution < -0.4 is 10.0 Å². The number of hydrogen-bond donors (Lipinski definition) is 2. The average Bonchev–Trinajstić information content (AvgIpc) is 2.78. The standard InChI is InChI=1S/C13H25N5O2S.HI/c1-14-13(15-8-6-9-16-21(4,19)20)18(3)11-12-7-5-10-17(12)2;/h5,7,10,16H,6,8-9,11H2,1-4H3,(H,14,15);1H. The van der Waals surface area contributed by atoms with E-state index in [4.69, 9.17) is 0 Å². The number of rotatable bonds is 7. The molecule has 7 nitrogen and oxygen atoms in total. The summed E-state index contributed by atoms with van der Waals surface area (Å²) in [6.45, 7) is 1.84. The van der Waals surface area contributed by atoms with E-state index in [9.17, 15) is 8.42 Å². The van der Waals surface area contributed by atoms with Crippen LogP contribution in [0, 0.1) is 0 Å². The van der Waals surface area contributed by atoms with Crippen molar-refractivity contribution in [3.05, 3.63) is 24.0 Å². The van der Waals surface area contributed by atoms with Crippen molar-refractivity contribution in [3.8, 4) is 0 Å². The van der Waals surface area contributed by atoms with Crippen LogP contribution in [0.1, 0.15) is 12.1 Å². The highest BCUT2D eigenvalue weighted by Gasteiger charge is 2.08. The van der Waals surface area contributed by atoms with Gasteiger partial charge in [-0.2, -0.15) is 0 Å². The Morgan fingerprint density at radius 3 is 2.59 bits per heavy atom. The minimum atomic E-state index is -3.11. The van der Waals surface area contributed by atoms with Crippen LogP contribution in [0.2, 0.25) is 0 Å². The van der Waals surface area contributed by atoms with Crippen LogP contribution >= 0.6 is 24.0 Å². The van der Waals surface area contributed by atoms with Gasteiger partial charge in [0.25, 0.3) is 0 Å². The Kier molecular flexibility index (Phi) is 9.69. The maximum absolute atomic E-state index is 10.9. The predicted octanol–water partition coefficient (Wildman–Crippen LogP) is 0.590. The van der Waals surface area contributed by atoms with Gasteiger partial charge in [0.2, 0.25) is 10.0 Å². The molecule has 1 aromatic rings. The van der Waals surface area contributed by atoms with E-state index in [1.807, 2.05) is 31.3 Å². The number of sulfonamides is 1. The molecule has 1 aromatic heterocycles. The normalized spacial score (nSPS) is 11.9. The van der Waals surface area contributed by atoms with Crippen molar-refractivity contribution in [1.82, 2.24) is 19.5 Å². The summed E-state index contributed by atoms with van der Waals surface area (Å²) in [5, 5.41) is 3.22. The molecule has 1 rings (SSSR count). The zero-order valence-electron chi connectivity index (χ0n) is 13.5. The minimum absolute atomic E-state index is 0. The lowest BCUT2D eigenvalue weighted by Crippen LogP contribution is -2.40. The Bertz CT molecular complexity index is 571. The zero-order valence-corrected chi connectivity index (χ0v) is 16.7. The van der Waals surface area contributed by atoms with Crippen molar-refractivity contribution >= 4 is 40.0 Å². The van der Waals surface area contributed by atoms with Gasteiger partial charge < -0.3 is 14.8 Å². The number of nitrogens with one attached hydrogen (secondary N) is 2. The highest BCUT2D eigenvalue weighted by atomic mass is 127. The van der Waals surface area contributed by atoms with E-state index in [2.05, 4.69) is 25.7 Å². The van der Waals surface area contributed by atoms with Crippen LogP contribution in [0.25, 0.3) is 0 Å². The fourth-order valence-corrected chi connectivity index (χ4v) is 2.42. The van der Waals surface area contributed by atoms with Crippen molar-refractivity contribution in [3.63, 3.8) is 0 Å². The molecule has 22 heavy (non-hydrogen) atoms. The van der Waals surface area contributed by atoms with Gasteiger partial charge in [0.05, 0.1) is 12.8 Å². The summed E-state index contributed by atoms with van der Waals surface area (Å²) in [7, 11) is 2.61. The van der Waals surface area contributed by atoms with Crippen LogP contribution in [-0.4, -0.2) is 57.3 Å². The van der Waals surface area contributed by atoms with Gasteiger partial charge in [-0.15, -0.1) is 24.0 Å². The molecule has 2 N–H and O–H groups in total. The molecule has 0 spiro atoms. The summed E-state index contributed by atoms with van der Waals surface area (Å²) in [4.78, 5) is 6.26. The van der Waals surface area contributed by atoms with Gasteiger partial charge in [-0.25, -0.2) is 13.1 Å². The van der Waals surface area contributed by atoms with Crippen LogP contribution in [-0.2, 0) is 23.6 Å². The molecule has 0 saturated heterocycles. The third-order valence-electron chi connectivity index (χ3n) is 3.02. The van der Waals surface area contributed by atoms with E-state index in [0.29, 0.717) is 19.5 Å². The monoisotopic (exact) mass is 443 g/mol. The molecule has 0 aliphatic heterocycles. The highest BCUT2D eigenvalue weighted by Crippen LogP contribution is 2.03. The molecule has 0 aliphatic carbocycles. The van der Waals surface area contributed by atoms with Crippen molar-refractivity contribution < 1.29 is 8.42 Å². The van der Waals surface area contributed by atoms with E-state index in [-0.39, 0.29) is 24.0 Å². The molecule has 0 atom stereocenters. The van der Waals surface area contributed by atoms with Crippen molar-refractivity contribution in [2.45, 2.75) is 13.0 Å². The Hall–Kier alpha value is -0.810. The number of hydrogen-bond acceptors (Lipinski definition) is 3. The van der Waals surface area contributed by atoms with E-state index >= 15 is 0 Å². The van der Waals surface area contributed by atoms with Gasteiger partial charge in [0, 0.05) is 46.1 Å². The lowest BCUT2D eigenvalue weighted by atomic mass is 10.4. The van der Waals surface area contributed by atoms with Gasteiger partial charge in [0.15, 0.2) is 5.96 Å². The smallest absolute Gasteiger partial charge is 0.208 e. The summed E-state index contributed by atoms with van der Waals surface area (Å²) < 4.78 is 26.4. The average molecular weight is 443 g/mol. The molecule has 0 amide bonds. The third-order valence-corrected chi connectivity index (χ3v) is 3.75. The summed E-state index contributed by atoms with van der Waals surface area (Å²) in [6, 6.07) is 4.08. The van der Waals surface area contributed by atoms with Gasteiger partial charge in [-0.1, -0.05) is 0 Å². The number of aryl methyl sites for hydroxylation is 1. The van der Waals surface area contributed by atoms with Gasteiger partial charge in [-0.05, 0) is 18.6 Å². The second-order valence-electron chi connectivity index (χ2n) is 4.96. The lowest BCUT2D eigenvalue weighted by molar-refractivity contribution is 0.461. The fraction of sp³-hybridized carbons (Fsp3) is 0.615. The molecule has 0 aliphatic rings. The molecule has 0 fully saturated rings.